The molecule has 0 radical (unpaired) electrons. The van der Waals surface area contributed by atoms with E-state index in [1.165, 1.54) is 24.5 Å². The molecule has 1 aliphatic rings. The Bertz CT molecular complexity index is 1010. The van der Waals surface area contributed by atoms with Gasteiger partial charge in [-0.05, 0) is 13.0 Å². The predicted octanol–water partition coefficient (Wildman–Crippen LogP) is 1.98. The minimum atomic E-state index is -0.489. The number of carbonyl (C=O) groups is 1. The van der Waals surface area contributed by atoms with Crippen LogP contribution < -0.4 is 0 Å². The molecule has 27 heavy (non-hydrogen) atoms. The minimum absolute atomic E-state index is 0.0663. The Hall–Kier alpha value is -3.69. The molecule has 4 rings (SSSR count). The molecule has 1 fully saturated rings. The molecule has 1 saturated heterocycles. The van der Waals surface area contributed by atoms with E-state index in [2.05, 4.69) is 20.1 Å². The van der Waals surface area contributed by atoms with Gasteiger partial charge in [-0.3, -0.25) is 19.9 Å². The molecule has 136 valence electrons. The summed E-state index contributed by atoms with van der Waals surface area (Å²) in [5.74, 6) is 0.444. The van der Waals surface area contributed by atoms with Gasteiger partial charge in [-0.2, -0.15) is 4.98 Å². The molecular formula is C17H14N6O4. The van der Waals surface area contributed by atoms with E-state index in [4.69, 9.17) is 4.52 Å². The monoisotopic (exact) mass is 366 g/mol. The molecule has 0 unspecified atom stereocenters. The fraction of sp³-hybridized carbons (Fsp3) is 0.235. The first-order valence-corrected chi connectivity index (χ1v) is 8.18. The zero-order valence-corrected chi connectivity index (χ0v) is 14.3. The van der Waals surface area contributed by atoms with Crippen LogP contribution in [0.1, 0.15) is 27.7 Å². The second-order valence-electron chi connectivity index (χ2n) is 6.16. The summed E-state index contributed by atoms with van der Waals surface area (Å²) in [4.78, 5) is 37.2. The van der Waals surface area contributed by atoms with Gasteiger partial charge in [-0.1, -0.05) is 11.2 Å². The molecule has 0 spiro atoms. The Morgan fingerprint density at radius 3 is 2.85 bits per heavy atom. The van der Waals surface area contributed by atoms with Crippen LogP contribution in [0.3, 0.4) is 0 Å². The summed E-state index contributed by atoms with van der Waals surface area (Å²) in [7, 11) is 0. The van der Waals surface area contributed by atoms with Crippen LogP contribution in [0, 0.1) is 17.0 Å². The van der Waals surface area contributed by atoms with E-state index in [-0.39, 0.29) is 17.5 Å². The quantitative estimate of drug-likeness (QED) is 0.506. The third-order valence-corrected chi connectivity index (χ3v) is 4.48. The maximum Gasteiger partial charge on any atom is 0.273 e. The Morgan fingerprint density at radius 2 is 2.15 bits per heavy atom. The molecule has 0 saturated carbocycles. The van der Waals surface area contributed by atoms with E-state index in [9.17, 15) is 14.9 Å². The molecule has 0 aliphatic carbocycles. The number of amides is 1. The highest BCUT2D eigenvalue weighted by Gasteiger charge is 2.37. The van der Waals surface area contributed by atoms with Crippen LogP contribution in [0.5, 0.6) is 0 Å². The molecule has 10 heteroatoms. The Balaban J connectivity index is 1.46. The number of hydrogen-bond donors (Lipinski definition) is 0. The summed E-state index contributed by atoms with van der Waals surface area (Å²) in [6.45, 7) is 2.39. The molecule has 2 aromatic heterocycles. The number of carbonyl (C=O) groups excluding carboxylic acids is 1. The molecule has 3 aromatic rings. The minimum Gasteiger partial charge on any atom is -0.338 e. The zero-order chi connectivity index (χ0) is 19.0. The lowest BCUT2D eigenvalue weighted by Gasteiger charge is -2.37. The van der Waals surface area contributed by atoms with Gasteiger partial charge >= 0.3 is 0 Å². The number of benzene rings is 1. The van der Waals surface area contributed by atoms with Crippen molar-refractivity contribution in [3.05, 3.63) is 63.9 Å². The van der Waals surface area contributed by atoms with Gasteiger partial charge in [0.25, 0.3) is 11.6 Å². The van der Waals surface area contributed by atoms with Crippen LogP contribution in [0.4, 0.5) is 5.69 Å². The van der Waals surface area contributed by atoms with Gasteiger partial charge in [-0.15, -0.1) is 0 Å². The maximum atomic E-state index is 12.6. The first-order chi connectivity index (χ1) is 13.0. The molecule has 10 nitrogen and oxygen atoms in total. The van der Waals surface area contributed by atoms with Crippen molar-refractivity contribution >= 4 is 11.6 Å². The van der Waals surface area contributed by atoms with Crippen LogP contribution in [0.2, 0.25) is 0 Å². The number of nitro groups is 1. The summed E-state index contributed by atoms with van der Waals surface area (Å²) in [6.07, 6.45) is 4.63. The van der Waals surface area contributed by atoms with Crippen molar-refractivity contribution in [2.24, 2.45) is 0 Å². The molecule has 1 amide bonds. The van der Waals surface area contributed by atoms with E-state index >= 15 is 0 Å². The van der Waals surface area contributed by atoms with Crippen molar-refractivity contribution in [2.45, 2.75) is 12.8 Å². The number of rotatable bonds is 4. The maximum absolute atomic E-state index is 12.6. The van der Waals surface area contributed by atoms with Gasteiger partial charge in [0.2, 0.25) is 11.7 Å². The van der Waals surface area contributed by atoms with E-state index < -0.39 is 4.92 Å². The largest absolute Gasteiger partial charge is 0.338 e. The van der Waals surface area contributed by atoms with Crippen LogP contribution >= 0.6 is 0 Å². The Kier molecular flexibility index (Phi) is 4.07. The highest BCUT2D eigenvalue weighted by Crippen LogP contribution is 2.30. The highest BCUT2D eigenvalue weighted by atomic mass is 16.6. The van der Waals surface area contributed by atoms with Gasteiger partial charge in [-0.25, -0.2) is 4.98 Å². The zero-order valence-electron chi connectivity index (χ0n) is 14.3. The van der Waals surface area contributed by atoms with E-state index in [1.54, 1.807) is 24.1 Å². The molecule has 0 bridgehead atoms. The summed E-state index contributed by atoms with van der Waals surface area (Å²) in [5.41, 5.74) is 1.13. The lowest BCUT2D eigenvalue weighted by atomic mass is 9.97. The predicted molar refractivity (Wildman–Crippen MR) is 91.8 cm³/mol. The van der Waals surface area contributed by atoms with Crippen molar-refractivity contribution in [1.29, 1.82) is 0 Å². The van der Waals surface area contributed by atoms with Crippen LogP contribution in [0.15, 0.2) is 41.3 Å². The van der Waals surface area contributed by atoms with Crippen LogP contribution in [0.25, 0.3) is 11.5 Å². The molecule has 0 atom stereocenters. The Morgan fingerprint density at radius 1 is 1.33 bits per heavy atom. The standard InChI is InChI=1S/C17H14N6O4/c1-10-12(3-2-4-14(10)23(25)26)17(24)22-8-11(9-22)16-20-15(21-27-16)13-7-18-5-6-19-13/h2-7,11H,8-9H2,1H3. The van der Waals surface area contributed by atoms with Gasteiger partial charge in [0.05, 0.1) is 17.0 Å². The van der Waals surface area contributed by atoms with E-state index in [1.807, 2.05) is 0 Å². The molecule has 3 heterocycles. The number of hydrogen-bond acceptors (Lipinski definition) is 8. The highest BCUT2D eigenvalue weighted by molar-refractivity contribution is 5.97. The second-order valence-corrected chi connectivity index (χ2v) is 6.16. The lowest BCUT2D eigenvalue weighted by Crippen LogP contribution is -2.48. The van der Waals surface area contributed by atoms with Gasteiger partial charge in [0, 0.05) is 42.7 Å². The molecule has 0 N–H and O–H groups in total. The summed E-state index contributed by atoms with van der Waals surface area (Å²) in [6, 6.07) is 4.50. The molecule has 1 aliphatic heterocycles. The SMILES string of the molecule is Cc1c(C(=O)N2CC(c3nc(-c4cnccn4)no3)C2)cccc1[N+](=O)[O-]. The average Bonchev–Trinajstić information content (AvgIpc) is 3.10. The van der Waals surface area contributed by atoms with Crippen molar-refractivity contribution < 1.29 is 14.2 Å². The number of likely N-dealkylation sites (tertiary alicyclic amines) is 1. The van der Waals surface area contributed by atoms with Crippen molar-refractivity contribution in [3.8, 4) is 11.5 Å². The lowest BCUT2D eigenvalue weighted by molar-refractivity contribution is -0.385. The summed E-state index contributed by atoms with van der Waals surface area (Å²) < 4.78 is 5.27. The Labute approximate surface area is 153 Å². The third-order valence-electron chi connectivity index (χ3n) is 4.48. The first kappa shape index (κ1) is 16.8. The van der Waals surface area contributed by atoms with Gasteiger partial charge in [0.1, 0.15) is 5.69 Å². The molecule has 1 aromatic carbocycles. The number of nitro benzene ring substituents is 1. The topological polar surface area (TPSA) is 128 Å². The van der Waals surface area contributed by atoms with Gasteiger partial charge < -0.3 is 9.42 Å². The van der Waals surface area contributed by atoms with Crippen LogP contribution in [-0.2, 0) is 0 Å². The van der Waals surface area contributed by atoms with Crippen molar-refractivity contribution in [2.75, 3.05) is 13.1 Å². The fourth-order valence-electron chi connectivity index (χ4n) is 2.94. The summed E-state index contributed by atoms with van der Waals surface area (Å²) >= 11 is 0. The fourth-order valence-corrected chi connectivity index (χ4v) is 2.94. The number of aromatic nitrogens is 4. The number of nitrogens with zero attached hydrogens (tertiary/aromatic N) is 6. The van der Waals surface area contributed by atoms with Crippen LogP contribution in [-0.4, -0.2) is 48.9 Å². The first-order valence-electron chi connectivity index (χ1n) is 8.18. The normalized spacial score (nSPS) is 14.0. The molecular weight excluding hydrogens is 352 g/mol. The summed E-state index contributed by atoms with van der Waals surface area (Å²) in [5, 5.41) is 14.9. The van der Waals surface area contributed by atoms with Gasteiger partial charge in [0.15, 0.2) is 0 Å². The van der Waals surface area contributed by atoms with E-state index in [0.29, 0.717) is 41.6 Å². The second kappa shape index (κ2) is 6.56. The third kappa shape index (κ3) is 3.01. The van der Waals surface area contributed by atoms with Crippen molar-refractivity contribution in [3.63, 3.8) is 0 Å². The van der Waals surface area contributed by atoms with E-state index in [0.717, 1.165) is 0 Å². The average molecular weight is 366 g/mol. The smallest absolute Gasteiger partial charge is 0.273 e. The van der Waals surface area contributed by atoms with Crippen molar-refractivity contribution in [1.82, 2.24) is 25.0 Å².